The molecule has 1 aromatic rings. The van der Waals surface area contributed by atoms with Crippen molar-refractivity contribution < 1.29 is 9.90 Å². The summed E-state index contributed by atoms with van der Waals surface area (Å²) in [6.07, 6.45) is -0.0738. The Morgan fingerprint density at radius 1 is 1.50 bits per heavy atom. The Morgan fingerprint density at radius 3 is 3.00 bits per heavy atom. The lowest BCUT2D eigenvalue weighted by Gasteiger charge is -2.04. The molecule has 0 saturated heterocycles. The van der Waals surface area contributed by atoms with Gasteiger partial charge in [-0.05, 0) is 0 Å². The Morgan fingerprint density at radius 2 is 2.29 bits per heavy atom. The summed E-state index contributed by atoms with van der Waals surface area (Å²) in [4.78, 5) is 18.6. The first kappa shape index (κ1) is 9.26. The van der Waals surface area contributed by atoms with Crippen LogP contribution in [-0.2, 0) is 22.7 Å². The van der Waals surface area contributed by atoms with E-state index in [0.29, 0.717) is 5.69 Å². The number of aliphatic carboxylic acids is 1. The van der Waals surface area contributed by atoms with Gasteiger partial charge in [0.1, 0.15) is 0 Å². The largest absolute Gasteiger partial charge is 0.481 e. The first-order valence-electron chi connectivity index (χ1n) is 4.10. The summed E-state index contributed by atoms with van der Waals surface area (Å²) in [5, 5.41) is 8.68. The summed E-state index contributed by atoms with van der Waals surface area (Å²) in [6.45, 7) is 0. The molecule has 1 aliphatic rings. The lowest BCUT2D eigenvalue weighted by molar-refractivity contribution is -0.136. The first-order chi connectivity index (χ1) is 6.66. The molecule has 6 heteroatoms. The number of carboxylic acid groups (broad SMARTS) is 1. The van der Waals surface area contributed by atoms with Crippen LogP contribution >= 0.6 is 11.8 Å². The monoisotopic (exact) mass is 211 g/mol. The Bertz CT molecular complexity index is 394. The van der Waals surface area contributed by atoms with E-state index in [0.717, 1.165) is 22.8 Å². The number of carboxylic acids is 1. The molecule has 2 rings (SSSR count). The predicted molar refractivity (Wildman–Crippen MR) is 52.8 cm³/mol. The standard InChI is InChI=1S/C8H9N3O2S/c9-8-10-5(1-7(12)13)4-2-14-3-6(4)11-8/h1-3H2,(H,12,13)(H2,9,10,11). The van der Waals surface area contributed by atoms with E-state index in [2.05, 4.69) is 9.97 Å². The van der Waals surface area contributed by atoms with Gasteiger partial charge in [-0.25, -0.2) is 9.97 Å². The van der Waals surface area contributed by atoms with Gasteiger partial charge in [-0.3, -0.25) is 4.79 Å². The third kappa shape index (κ3) is 1.65. The van der Waals surface area contributed by atoms with Crippen molar-refractivity contribution in [3.63, 3.8) is 0 Å². The second-order valence-corrected chi connectivity index (χ2v) is 4.00. The Balaban J connectivity index is 2.43. The molecule has 0 fully saturated rings. The molecule has 14 heavy (non-hydrogen) atoms. The van der Waals surface area contributed by atoms with E-state index in [1.807, 2.05) is 0 Å². The summed E-state index contributed by atoms with van der Waals surface area (Å²) in [6, 6.07) is 0. The number of hydrogen-bond donors (Lipinski definition) is 2. The van der Waals surface area contributed by atoms with Gasteiger partial charge in [0.2, 0.25) is 5.95 Å². The number of nitrogen functional groups attached to an aromatic ring is 1. The van der Waals surface area contributed by atoms with Crippen LogP contribution in [0.4, 0.5) is 5.95 Å². The van der Waals surface area contributed by atoms with Crippen molar-refractivity contribution in [2.24, 2.45) is 0 Å². The number of nitrogens with zero attached hydrogens (tertiary/aromatic N) is 2. The summed E-state index contributed by atoms with van der Waals surface area (Å²) >= 11 is 1.70. The van der Waals surface area contributed by atoms with Crippen LogP contribution in [0.25, 0.3) is 0 Å². The lowest BCUT2D eigenvalue weighted by Crippen LogP contribution is -2.10. The quantitative estimate of drug-likeness (QED) is 0.737. The molecular weight excluding hydrogens is 202 g/mol. The summed E-state index contributed by atoms with van der Waals surface area (Å²) in [5.74, 6) is 0.872. The highest BCUT2D eigenvalue weighted by Gasteiger charge is 2.20. The third-order valence-corrected chi connectivity index (χ3v) is 2.97. The number of nitrogens with two attached hydrogens (primary N) is 1. The SMILES string of the molecule is Nc1nc2c(c(CC(=O)O)n1)CSC2. The van der Waals surface area contributed by atoms with Crippen molar-refractivity contribution in [3.05, 3.63) is 17.0 Å². The highest BCUT2D eigenvalue weighted by molar-refractivity contribution is 7.98. The number of rotatable bonds is 2. The average Bonchev–Trinajstić information content (AvgIpc) is 2.50. The minimum absolute atomic E-state index is 0.0738. The fraction of sp³-hybridized carbons (Fsp3) is 0.375. The Kier molecular flexibility index (Phi) is 2.28. The molecule has 5 nitrogen and oxygen atoms in total. The highest BCUT2D eigenvalue weighted by atomic mass is 32.2. The van der Waals surface area contributed by atoms with Crippen LogP contribution in [0.15, 0.2) is 0 Å². The highest BCUT2D eigenvalue weighted by Crippen LogP contribution is 2.30. The second kappa shape index (κ2) is 3.45. The van der Waals surface area contributed by atoms with Gasteiger partial charge in [-0.2, -0.15) is 11.8 Å². The molecule has 0 radical (unpaired) electrons. The van der Waals surface area contributed by atoms with Crippen molar-refractivity contribution in [2.75, 3.05) is 5.73 Å². The van der Waals surface area contributed by atoms with Crippen LogP contribution in [-0.4, -0.2) is 21.0 Å². The van der Waals surface area contributed by atoms with E-state index < -0.39 is 5.97 Å². The van der Waals surface area contributed by atoms with E-state index in [4.69, 9.17) is 10.8 Å². The van der Waals surface area contributed by atoms with Gasteiger partial charge >= 0.3 is 5.97 Å². The number of anilines is 1. The van der Waals surface area contributed by atoms with Gasteiger partial charge in [0.05, 0.1) is 17.8 Å². The van der Waals surface area contributed by atoms with Gasteiger partial charge in [0, 0.05) is 17.1 Å². The lowest BCUT2D eigenvalue weighted by atomic mass is 10.1. The van der Waals surface area contributed by atoms with Gasteiger partial charge in [-0.1, -0.05) is 0 Å². The van der Waals surface area contributed by atoms with Gasteiger partial charge in [0.25, 0.3) is 0 Å². The van der Waals surface area contributed by atoms with E-state index in [9.17, 15) is 4.79 Å². The zero-order chi connectivity index (χ0) is 10.1. The molecule has 2 heterocycles. The molecule has 0 amide bonds. The van der Waals surface area contributed by atoms with Gasteiger partial charge in [-0.15, -0.1) is 0 Å². The van der Waals surface area contributed by atoms with Crippen LogP contribution in [0, 0.1) is 0 Å². The van der Waals surface area contributed by atoms with Gasteiger partial charge < -0.3 is 10.8 Å². The molecular formula is C8H9N3O2S. The average molecular weight is 211 g/mol. The zero-order valence-electron chi connectivity index (χ0n) is 7.36. The molecule has 0 bridgehead atoms. The third-order valence-electron chi connectivity index (χ3n) is 2.00. The fourth-order valence-electron chi connectivity index (χ4n) is 1.43. The summed E-state index contributed by atoms with van der Waals surface area (Å²) in [5.41, 5.74) is 7.88. The molecule has 0 spiro atoms. The molecule has 0 unspecified atom stereocenters. The predicted octanol–water partition coefficient (Wildman–Crippen LogP) is 0.433. The second-order valence-electron chi connectivity index (χ2n) is 3.02. The number of fused-ring (bicyclic) bond motifs is 1. The van der Waals surface area contributed by atoms with Crippen molar-refractivity contribution in [1.29, 1.82) is 0 Å². The number of carbonyl (C=O) groups is 1. The molecule has 0 atom stereocenters. The normalized spacial score (nSPS) is 14.0. The molecule has 3 N–H and O–H groups in total. The number of hydrogen-bond acceptors (Lipinski definition) is 5. The minimum atomic E-state index is -0.887. The van der Waals surface area contributed by atoms with E-state index in [-0.39, 0.29) is 12.4 Å². The van der Waals surface area contributed by atoms with Crippen LogP contribution in [0.2, 0.25) is 0 Å². The smallest absolute Gasteiger partial charge is 0.309 e. The maximum absolute atomic E-state index is 10.6. The van der Waals surface area contributed by atoms with Crippen LogP contribution in [0.3, 0.4) is 0 Å². The fourth-order valence-corrected chi connectivity index (χ4v) is 2.50. The summed E-state index contributed by atoms with van der Waals surface area (Å²) in [7, 11) is 0. The van der Waals surface area contributed by atoms with Crippen LogP contribution in [0.1, 0.15) is 17.0 Å². The van der Waals surface area contributed by atoms with Crippen molar-refractivity contribution >= 4 is 23.7 Å². The molecule has 0 aromatic carbocycles. The van der Waals surface area contributed by atoms with Crippen molar-refractivity contribution in [1.82, 2.24) is 9.97 Å². The number of thioether (sulfide) groups is 1. The van der Waals surface area contributed by atoms with Gasteiger partial charge in [0.15, 0.2) is 0 Å². The molecule has 1 aromatic heterocycles. The Hall–Kier alpha value is -1.30. The maximum Gasteiger partial charge on any atom is 0.309 e. The van der Waals surface area contributed by atoms with E-state index in [1.165, 1.54) is 0 Å². The molecule has 0 aliphatic carbocycles. The molecule has 74 valence electrons. The Labute approximate surface area is 84.7 Å². The zero-order valence-corrected chi connectivity index (χ0v) is 8.17. The first-order valence-corrected chi connectivity index (χ1v) is 5.26. The maximum atomic E-state index is 10.6. The van der Waals surface area contributed by atoms with E-state index >= 15 is 0 Å². The van der Waals surface area contributed by atoms with Crippen LogP contribution < -0.4 is 5.73 Å². The van der Waals surface area contributed by atoms with E-state index in [1.54, 1.807) is 11.8 Å². The molecule has 1 aliphatic heterocycles. The number of aromatic nitrogens is 2. The van der Waals surface area contributed by atoms with Crippen molar-refractivity contribution in [3.8, 4) is 0 Å². The molecule has 0 saturated carbocycles. The van der Waals surface area contributed by atoms with Crippen LogP contribution in [0.5, 0.6) is 0 Å². The minimum Gasteiger partial charge on any atom is -0.481 e. The summed E-state index contributed by atoms with van der Waals surface area (Å²) < 4.78 is 0. The van der Waals surface area contributed by atoms with Crippen molar-refractivity contribution in [2.45, 2.75) is 17.9 Å². The topological polar surface area (TPSA) is 89.1 Å².